The van der Waals surface area contributed by atoms with Crippen LogP contribution in [-0.4, -0.2) is 29.4 Å². The van der Waals surface area contributed by atoms with Crippen molar-refractivity contribution in [2.24, 2.45) is 4.36 Å². The lowest BCUT2D eigenvalue weighted by Gasteiger charge is -2.22. The van der Waals surface area contributed by atoms with Crippen molar-refractivity contribution in [3.05, 3.63) is 83.1 Å². The third-order valence-corrected chi connectivity index (χ3v) is 7.48. The number of furan rings is 1. The van der Waals surface area contributed by atoms with E-state index in [1.165, 1.54) is 18.2 Å². The van der Waals surface area contributed by atoms with Gasteiger partial charge in [0.15, 0.2) is 0 Å². The highest BCUT2D eigenvalue weighted by Gasteiger charge is 2.16. The topological polar surface area (TPSA) is 100 Å². The number of ether oxygens (including phenoxy) is 3. The summed E-state index contributed by atoms with van der Waals surface area (Å²) < 4.78 is 52.8. The Balaban J connectivity index is 1.68. The Labute approximate surface area is 241 Å². The predicted octanol–water partition coefficient (Wildman–Crippen LogP) is 6.91. The van der Waals surface area contributed by atoms with Crippen LogP contribution in [0.4, 0.5) is 4.39 Å². The SMILES string of the molecule is CCOC(=O)Cc1cc(F)ccc1OCc1cc(-c2ccnc(CN=[S-](=O)C(C)(C)C)c2)c2oc(COC)cc2c1. The van der Waals surface area contributed by atoms with Gasteiger partial charge in [0.05, 0.1) is 25.3 Å². The fourth-order valence-corrected chi connectivity index (χ4v) is 4.82. The Morgan fingerprint density at radius 3 is 2.63 bits per heavy atom. The number of carbonyl (C=O) groups excluding carboxylic acids is 1. The number of hydrogen-bond donors (Lipinski definition) is 0. The van der Waals surface area contributed by atoms with E-state index >= 15 is 0 Å². The minimum atomic E-state index is -1.36. The molecule has 0 aliphatic rings. The van der Waals surface area contributed by atoms with Crippen molar-refractivity contribution in [3.63, 3.8) is 0 Å². The van der Waals surface area contributed by atoms with Gasteiger partial charge < -0.3 is 27.2 Å². The van der Waals surface area contributed by atoms with Gasteiger partial charge in [-0.1, -0.05) is 25.5 Å². The zero-order valence-corrected chi connectivity index (χ0v) is 24.7. The van der Waals surface area contributed by atoms with Crippen LogP contribution >= 0.6 is 0 Å². The molecule has 0 aliphatic carbocycles. The van der Waals surface area contributed by atoms with Crippen molar-refractivity contribution in [1.82, 2.24) is 4.98 Å². The molecule has 0 radical (unpaired) electrons. The summed E-state index contributed by atoms with van der Waals surface area (Å²) in [6, 6.07) is 13.7. The van der Waals surface area contributed by atoms with Gasteiger partial charge in [-0.3, -0.25) is 9.78 Å². The molecule has 41 heavy (non-hydrogen) atoms. The van der Waals surface area contributed by atoms with Gasteiger partial charge in [0.25, 0.3) is 0 Å². The number of benzene rings is 2. The quantitative estimate of drug-likeness (QED) is 0.140. The molecule has 2 aromatic heterocycles. The van der Waals surface area contributed by atoms with E-state index in [0.717, 1.165) is 22.1 Å². The molecule has 8 nitrogen and oxygen atoms in total. The molecule has 0 atom stereocenters. The lowest BCUT2D eigenvalue weighted by atomic mass is 10.0. The number of aromatic nitrogens is 1. The lowest BCUT2D eigenvalue weighted by molar-refractivity contribution is -0.142. The smallest absolute Gasteiger partial charge is 0.310 e. The summed E-state index contributed by atoms with van der Waals surface area (Å²) in [6.07, 6.45) is 1.59. The van der Waals surface area contributed by atoms with E-state index in [9.17, 15) is 13.4 Å². The molecule has 218 valence electrons. The Morgan fingerprint density at radius 1 is 1.10 bits per heavy atom. The number of halogens is 1. The van der Waals surface area contributed by atoms with E-state index in [1.54, 1.807) is 20.2 Å². The molecule has 0 saturated heterocycles. The molecule has 0 N–H and O–H groups in total. The molecule has 0 saturated carbocycles. The van der Waals surface area contributed by atoms with Gasteiger partial charge in [-0.05, 0) is 66.6 Å². The van der Waals surface area contributed by atoms with Gasteiger partial charge in [0, 0.05) is 29.8 Å². The van der Waals surface area contributed by atoms with Crippen LogP contribution in [0.3, 0.4) is 0 Å². The second-order valence-corrected chi connectivity index (χ2v) is 12.4. The molecule has 0 aliphatic heterocycles. The van der Waals surface area contributed by atoms with Gasteiger partial charge in [-0.15, -0.1) is 0 Å². The van der Waals surface area contributed by atoms with E-state index in [1.807, 2.05) is 51.1 Å². The van der Waals surface area contributed by atoms with Crippen molar-refractivity contribution >= 4 is 27.5 Å². The third kappa shape index (κ3) is 7.92. The van der Waals surface area contributed by atoms with Gasteiger partial charge in [0.2, 0.25) is 0 Å². The Morgan fingerprint density at radius 2 is 1.90 bits per heavy atom. The molecule has 4 aromatic rings. The second kappa shape index (κ2) is 13.3. The van der Waals surface area contributed by atoms with Crippen molar-refractivity contribution in [2.75, 3.05) is 13.7 Å². The van der Waals surface area contributed by atoms with Crippen molar-refractivity contribution < 1.29 is 32.0 Å². The normalized spacial score (nSPS) is 12.5. The van der Waals surface area contributed by atoms with Gasteiger partial charge in [0.1, 0.15) is 36.1 Å². The molecule has 0 unspecified atom stereocenters. The van der Waals surface area contributed by atoms with Crippen LogP contribution in [-0.2, 0) is 55.3 Å². The monoisotopic (exact) mass is 581 g/mol. The van der Waals surface area contributed by atoms with Crippen LogP contribution < -0.4 is 4.74 Å². The number of hydrogen-bond acceptors (Lipinski definition) is 9. The van der Waals surface area contributed by atoms with Crippen LogP contribution in [0.25, 0.3) is 22.1 Å². The molecular weight excluding hydrogens is 547 g/mol. The van der Waals surface area contributed by atoms with Crippen LogP contribution in [0.5, 0.6) is 5.75 Å². The number of carbonyl (C=O) groups is 1. The Kier molecular flexibility index (Phi) is 9.77. The third-order valence-electron chi connectivity index (χ3n) is 6.07. The predicted molar refractivity (Wildman–Crippen MR) is 155 cm³/mol. The first-order valence-electron chi connectivity index (χ1n) is 13.2. The molecular formula is C31H34FN2O6S-. The van der Waals surface area contributed by atoms with E-state index in [0.29, 0.717) is 35.0 Å². The number of nitrogens with zero attached hydrogens (tertiary/aromatic N) is 2. The number of esters is 1. The van der Waals surface area contributed by atoms with E-state index < -0.39 is 27.1 Å². The molecule has 2 aromatic carbocycles. The van der Waals surface area contributed by atoms with E-state index in [4.69, 9.17) is 18.6 Å². The van der Waals surface area contributed by atoms with Crippen LogP contribution in [0.2, 0.25) is 0 Å². The lowest BCUT2D eigenvalue weighted by Crippen LogP contribution is -2.14. The minimum Gasteiger partial charge on any atom is -0.489 e. The molecule has 0 bridgehead atoms. The van der Waals surface area contributed by atoms with Crippen LogP contribution in [0, 0.1) is 5.82 Å². The number of rotatable bonds is 11. The van der Waals surface area contributed by atoms with Gasteiger partial charge in [-0.2, -0.15) is 10.6 Å². The number of methoxy groups -OCH3 is 1. The highest BCUT2D eigenvalue weighted by molar-refractivity contribution is 7.76. The summed E-state index contributed by atoms with van der Waals surface area (Å²) in [6.45, 7) is 8.27. The van der Waals surface area contributed by atoms with E-state index in [-0.39, 0.29) is 26.2 Å². The highest BCUT2D eigenvalue weighted by atomic mass is 32.2. The highest BCUT2D eigenvalue weighted by Crippen LogP contribution is 2.34. The van der Waals surface area contributed by atoms with Crippen molar-refractivity contribution in [3.8, 4) is 16.9 Å². The summed E-state index contributed by atoms with van der Waals surface area (Å²) in [4.78, 5) is 16.5. The first-order chi connectivity index (χ1) is 19.6. The summed E-state index contributed by atoms with van der Waals surface area (Å²) >= 11 is 0. The maximum atomic E-state index is 14.0. The largest absolute Gasteiger partial charge is 0.489 e. The fourth-order valence-electron chi connectivity index (χ4n) is 4.19. The number of fused-ring (bicyclic) bond motifs is 1. The van der Waals surface area contributed by atoms with Crippen LogP contribution in [0.1, 0.15) is 50.3 Å². The Bertz CT molecular complexity index is 1620. The number of pyridine rings is 1. The van der Waals surface area contributed by atoms with E-state index in [2.05, 4.69) is 9.35 Å². The minimum absolute atomic E-state index is 0.0990. The summed E-state index contributed by atoms with van der Waals surface area (Å²) in [7, 11) is 0.241. The Hall–Kier alpha value is -3.76. The first kappa shape index (κ1) is 30.2. The molecule has 4 rings (SSSR count). The second-order valence-electron chi connectivity index (χ2n) is 10.4. The molecule has 0 spiro atoms. The maximum absolute atomic E-state index is 14.0. The van der Waals surface area contributed by atoms with Gasteiger partial charge in [-0.25, -0.2) is 4.39 Å². The average molecular weight is 582 g/mol. The zero-order chi connectivity index (χ0) is 29.6. The molecule has 0 amide bonds. The maximum Gasteiger partial charge on any atom is 0.310 e. The molecule has 2 heterocycles. The molecule has 10 heteroatoms. The zero-order valence-electron chi connectivity index (χ0n) is 23.9. The molecule has 0 fully saturated rings. The standard InChI is InChI=1S/C31H34FN2O6S/c1-6-38-29(35)16-22-13-24(32)7-8-28(22)39-18-20-11-23-15-26(19-37-5)40-30(23)27(12-20)21-9-10-33-25(14-21)17-34-41(36)31(2,3)4/h7-15H,6,16-19H2,1-5H3/q-1. The van der Waals surface area contributed by atoms with Crippen molar-refractivity contribution in [1.29, 1.82) is 0 Å². The summed E-state index contributed by atoms with van der Waals surface area (Å²) in [5.74, 6) is 0.147. The fraction of sp³-hybridized carbons (Fsp3) is 0.355. The van der Waals surface area contributed by atoms with Crippen molar-refractivity contribution in [2.45, 2.75) is 58.6 Å². The summed E-state index contributed by atoms with van der Waals surface area (Å²) in [5, 5.41) is 0.857. The first-order valence-corrected chi connectivity index (χ1v) is 14.3. The average Bonchev–Trinajstić information content (AvgIpc) is 3.33. The summed E-state index contributed by atoms with van der Waals surface area (Å²) in [5.41, 5.74) is 4.26. The van der Waals surface area contributed by atoms with Crippen LogP contribution in [0.15, 0.2) is 63.5 Å². The van der Waals surface area contributed by atoms with Gasteiger partial charge >= 0.3 is 5.97 Å².